The number of anilines is 1. The fourth-order valence-corrected chi connectivity index (χ4v) is 6.09. The van der Waals surface area contributed by atoms with Gasteiger partial charge in [0.2, 0.25) is 0 Å². The van der Waals surface area contributed by atoms with Crippen molar-refractivity contribution >= 4 is 28.8 Å². The molecule has 0 spiro atoms. The number of pyridine rings is 1. The molecule has 0 aliphatic carbocycles. The van der Waals surface area contributed by atoms with Crippen LogP contribution in [0.2, 0.25) is 5.02 Å². The smallest absolute Gasteiger partial charge is 0.254 e. The SMILES string of the molecule is COc1cc(OC)c(-c2cn3ccc(NC4C[C@H]5CC[C@@H](C4)N5C(=O)c4ccccc4)cc3n2)cc1Cl. The first kappa shape index (κ1) is 23.7. The van der Waals surface area contributed by atoms with Crippen molar-refractivity contribution in [2.45, 2.75) is 43.8 Å². The van der Waals surface area contributed by atoms with Gasteiger partial charge in [0, 0.05) is 59.5 Å². The number of piperidine rings is 1. The second kappa shape index (κ2) is 9.63. The topological polar surface area (TPSA) is 68.1 Å². The Bertz CT molecular complexity index is 1440. The molecule has 1 amide bonds. The van der Waals surface area contributed by atoms with Gasteiger partial charge in [0.15, 0.2) is 0 Å². The number of benzene rings is 2. The van der Waals surface area contributed by atoms with Gasteiger partial charge in [0.1, 0.15) is 17.1 Å². The van der Waals surface area contributed by atoms with Crippen LogP contribution in [0.5, 0.6) is 11.5 Å². The number of carbonyl (C=O) groups excluding carboxylic acids is 1. The summed E-state index contributed by atoms with van der Waals surface area (Å²) in [5, 5.41) is 4.22. The van der Waals surface area contributed by atoms with Crippen LogP contribution in [0.15, 0.2) is 67.0 Å². The average molecular weight is 517 g/mol. The van der Waals surface area contributed by atoms with E-state index in [4.69, 9.17) is 26.1 Å². The van der Waals surface area contributed by atoms with E-state index in [9.17, 15) is 4.79 Å². The van der Waals surface area contributed by atoms with Gasteiger partial charge in [-0.25, -0.2) is 4.98 Å². The van der Waals surface area contributed by atoms with Gasteiger partial charge < -0.3 is 24.1 Å². The molecular formula is C29H29ClN4O3. The Morgan fingerprint density at radius 1 is 1.00 bits per heavy atom. The molecule has 3 atom stereocenters. The molecule has 1 N–H and O–H groups in total. The van der Waals surface area contributed by atoms with Gasteiger partial charge >= 0.3 is 0 Å². The lowest BCUT2D eigenvalue weighted by Crippen LogP contribution is -2.49. The highest BCUT2D eigenvalue weighted by atomic mass is 35.5. The minimum Gasteiger partial charge on any atom is -0.496 e. The van der Waals surface area contributed by atoms with E-state index in [2.05, 4.69) is 22.3 Å². The zero-order valence-corrected chi connectivity index (χ0v) is 21.6. The van der Waals surface area contributed by atoms with Crippen LogP contribution in [0.3, 0.4) is 0 Å². The van der Waals surface area contributed by atoms with Crippen molar-refractivity contribution < 1.29 is 14.3 Å². The van der Waals surface area contributed by atoms with Gasteiger partial charge in [-0.15, -0.1) is 0 Å². The second-order valence-electron chi connectivity index (χ2n) is 9.77. The first-order valence-corrected chi connectivity index (χ1v) is 13.0. The third-order valence-electron chi connectivity index (χ3n) is 7.57. The molecule has 7 nitrogen and oxygen atoms in total. The maximum Gasteiger partial charge on any atom is 0.254 e. The number of ether oxygens (including phenoxy) is 2. The quantitative estimate of drug-likeness (QED) is 0.344. The van der Waals surface area contributed by atoms with Crippen LogP contribution in [0.25, 0.3) is 16.9 Å². The summed E-state index contributed by atoms with van der Waals surface area (Å²) in [5.74, 6) is 1.37. The lowest BCUT2D eigenvalue weighted by Gasteiger charge is -2.39. The molecule has 2 aliphatic heterocycles. The number of hydrogen-bond donors (Lipinski definition) is 1. The highest BCUT2D eigenvalue weighted by molar-refractivity contribution is 6.32. The molecule has 4 heterocycles. The summed E-state index contributed by atoms with van der Waals surface area (Å²) in [6, 6.07) is 18.2. The van der Waals surface area contributed by atoms with Crippen molar-refractivity contribution in [3.05, 3.63) is 77.6 Å². The zero-order valence-electron chi connectivity index (χ0n) is 20.9. The van der Waals surface area contributed by atoms with Gasteiger partial charge in [-0.05, 0) is 49.9 Å². The van der Waals surface area contributed by atoms with Crippen LogP contribution in [0, 0.1) is 0 Å². The molecule has 2 aromatic heterocycles. The van der Waals surface area contributed by atoms with Crippen molar-refractivity contribution in [2.75, 3.05) is 19.5 Å². The molecule has 6 rings (SSSR count). The molecule has 190 valence electrons. The molecule has 4 aromatic rings. The summed E-state index contributed by atoms with van der Waals surface area (Å²) in [6.07, 6.45) is 8.00. The molecule has 0 saturated carbocycles. The average Bonchev–Trinajstić information content (AvgIpc) is 3.46. The van der Waals surface area contributed by atoms with Gasteiger partial charge in [-0.1, -0.05) is 29.8 Å². The Morgan fingerprint density at radius 3 is 2.43 bits per heavy atom. The highest BCUT2D eigenvalue weighted by Gasteiger charge is 2.43. The molecule has 37 heavy (non-hydrogen) atoms. The zero-order chi connectivity index (χ0) is 25.5. The normalized spacial score (nSPS) is 20.7. The fourth-order valence-electron chi connectivity index (χ4n) is 5.85. The summed E-state index contributed by atoms with van der Waals surface area (Å²) in [5.41, 5.74) is 4.20. The summed E-state index contributed by atoms with van der Waals surface area (Å²) >= 11 is 6.38. The van der Waals surface area contributed by atoms with Gasteiger partial charge in [0.05, 0.1) is 24.9 Å². The van der Waals surface area contributed by atoms with Gasteiger partial charge in [-0.2, -0.15) is 0 Å². The van der Waals surface area contributed by atoms with Gasteiger partial charge in [0.25, 0.3) is 5.91 Å². The summed E-state index contributed by atoms with van der Waals surface area (Å²) in [6.45, 7) is 0. The number of imidazole rings is 1. The standard InChI is InChI=1S/C29H29ClN4O3/c1-36-26-16-27(37-2)24(30)15-23(26)25-17-33-11-10-19(14-28(33)32-25)31-20-12-21-8-9-22(13-20)34(21)29(35)18-6-4-3-5-7-18/h3-7,10-11,14-17,20-22,31H,8-9,12-13H2,1-2H3/t20?,21-,22+. The molecule has 2 aromatic carbocycles. The Morgan fingerprint density at radius 2 is 1.73 bits per heavy atom. The predicted octanol–water partition coefficient (Wildman–Crippen LogP) is 5.92. The lowest BCUT2D eigenvalue weighted by molar-refractivity contribution is 0.0583. The van der Waals surface area contributed by atoms with E-state index in [1.807, 2.05) is 53.2 Å². The van der Waals surface area contributed by atoms with E-state index in [-0.39, 0.29) is 18.0 Å². The molecular weight excluding hydrogens is 488 g/mol. The van der Waals surface area contributed by atoms with E-state index < -0.39 is 0 Å². The van der Waals surface area contributed by atoms with E-state index in [0.717, 1.165) is 53.8 Å². The van der Waals surface area contributed by atoms with E-state index in [1.54, 1.807) is 20.3 Å². The van der Waals surface area contributed by atoms with Crippen LogP contribution >= 0.6 is 11.6 Å². The maximum absolute atomic E-state index is 13.2. The minimum absolute atomic E-state index is 0.159. The third-order valence-corrected chi connectivity index (χ3v) is 7.86. The number of nitrogens with one attached hydrogen (secondary N) is 1. The number of hydrogen-bond acceptors (Lipinski definition) is 5. The van der Waals surface area contributed by atoms with Crippen LogP contribution in [0.1, 0.15) is 36.0 Å². The monoisotopic (exact) mass is 516 g/mol. The summed E-state index contributed by atoms with van der Waals surface area (Å²) < 4.78 is 12.9. The molecule has 0 radical (unpaired) electrons. The first-order valence-electron chi connectivity index (χ1n) is 12.6. The van der Waals surface area contributed by atoms with Crippen LogP contribution in [-0.4, -0.2) is 52.5 Å². The molecule has 1 unspecified atom stereocenters. The van der Waals surface area contributed by atoms with Crippen molar-refractivity contribution in [3.63, 3.8) is 0 Å². The van der Waals surface area contributed by atoms with Crippen LogP contribution in [0.4, 0.5) is 5.69 Å². The number of halogens is 1. The van der Waals surface area contributed by atoms with Crippen molar-refractivity contribution in [1.29, 1.82) is 0 Å². The lowest BCUT2D eigenvalue weighted by atomic mass is 9.96. The highest BCUT2D eigenvalue weighted by Crippen LogP contribution is 2.39. The summed E-state index contributed by atoms with van der Waals surface area (Å²) in [7, 11) is 3.20. The Labute approximate surface area is 221 Å². The molecule has 2 aliphatic rings. The fraction of sp³-hybridized carbons (Fsp3) is 0.310. The van der Waals surface area contributed by atoms with Gasteiger partial charge in [-0.3, -0.25) is 4.79 Å². The van der Waals surface area contributed by atoms with Crippen LogP contribution < -0.4 is 14.8 Å². The van der Waals surface area contributed by atoms with E-state index in [0.29, 0.717) is 22.6 Å². The van der Waals surface area contributed by atoms with Crippen molar-refractivity contribution in [1.82, 2.24) is 14.3 Å². The third kappa shape index (κ3) is 4.37. The van der Waals surface area contributed by atoms with E-state index in [1.165, 1.54) is 0 Å². The number of amides is 1. The largest absolute Gasteiger partial charge is 0.496 e. The maximum atomic E-state index is 13.2. The number of fused-ring (bicyclic) bond motifs is 3. The number of carbonyl (C=O) groups is 1. The first-order chi connectivity index (χ1) is 18.0. The number of aromatic nitrogens is 2. The molecule has 2 bridgehead atoms. The Hall–Kier alpha value is -3.71. The summed E-state index contributed by atoms with van der Waals surface area (Å²) in [4.78, 5) is 20.1. The Kier molecular flexibility index (Phi) is 6.16. The van der Waals surface area contributed by atoms with Crippen LogP contribution in [-0.2, 0) is 0 Å². The number of methoxy groups -OCH3 is 2. The molecule has 2 fully saturated rings. The predicted molar refractivity (Wildman–Crippen MR) is 145 cm³/mol. The Balaban J connectivity index is 1.20. The van der Waals surface area contributed by atoms with Crippen molar-refractivity contribution in [2.24, 2.45) is 0 Å². The number of rotatable bonds is 6. The van der Waals surface area contributed by atoms with Crippen molar-refractivity contribution in [3.8, 4) is 22.8 Å². The molecule has 2 saturated heterocycles. The minimum atomic E-state index is 0.159. The number of nitrogens with zero attached hydrogens (tertiary/aromatic N) is 3. The second-order valence-corrected chi connectivity index (χ2v) is 10.2. The van der Waals surface area contributed by atoms with E-state index >= 15 is 0 Å². The molecule has 8 heteroatoms.